The van der Waals surface area contributed by atoms with Crippen molar-refractivity contribution in [3.63, 3.8) is 0 Å². The standard InChI is InChI=1S/C15H15Br2NO2/c1-19-10-4-6-11(13(17)8-10)15(18)12-5-3-9(16)7-14(12)20-2/h3-8,15H,18H2,1-2H3. The Balaban J connectivity index is 2.43. The second kappa shape index (κ2) is 6.61. The van der Waals surface area contributed by atoms with Crippen LogP contribution in [0.3, 0.4) is 0 Å². The average molecular weight is 401 g/mol. The van der Waals surface area contributed by atoms with Crippen LogP contribution in [0.5, 0.6) is 11.5 Å². The monoisotopic (exact) mass is 399 g/mol. The smallest absolute Gasteiger partial charge is 0.125 e. The molecule has 0 aliphatic heterocycles. The van der Waals surface area contributed by atoms with Gasteiger partial charge in [0.25, 0.3) is 0 Å². The first-order chi connectivity index (χ1) is 9.56. The molecule has 0 aliphatic carbocycles. The molecule has 0 amide bonds. The number of ether oxygens (including phenoxy) is 2. The molecule has 0 aromatic heterocycles. The van der Waals surface area contributed by atoms with Crippen LogP contribution < -0.4 is 15.2 Å². The van der Waals surface area contributed by atoms with Gasteiger partial charge in [0.2, 0.25) is 0 Å². The molecule has 0 spiro atoms. The molecule has 0 saturated carbocycles. The van der Waals surface area contributed by atoms with Crippen LogP contribution in [0.4, 0.5) is 0 Å². The zero-order valence-corrected chi connectivity index (χ0v) is 14.4. The Morgan fingerprint density at radius 3 is 2.25 bits per heavy atom. The van der Waals surface area contributed by atoms with E-state index < -0.39 is 0 Å². The molecular formula is C15H15Br2NO2. The summed E-state index contributed by atoms with van der Waals surface area (Å²) in [5.74, 6) is 1.55. The summed E-state index contributed by atoms with van der Waals surface area (Å²) in [5.41, 5.74) is 8.28. The largest absolute Gasteiger partial charge is 0.497 e. The van der Waals surface area contributed by atoms with Gasteiger partial charge in [-0.25, -0.2) is 0 Å². The molecule has 2 aromatic carbocycles. The maximum Gasteiger partial charge on any atom is 0.125 e. The summed E-state index contributed by atoms with van der Waals surface area (Å²) in [6.45, 7) is 0. The van der Waals surface area contributed by atoms with Crippen molar-refractivity contribution in [1.82, 2.24) is 0 Å². The van der Waals surface area contributed by atoms with E-state index in [1.807, 2.05) is 36.4 Å². The minimum atomic E-state index is -0.279. The van der Waals surface area contributed by atoms with Gasteiger partial charge in [-0.1, -0.05) is 44.0 Å². The maximum atomic E-state index is 6.37. The lowest BCUT2D eigenvalue weighted by atomic mass is 9.98. The Hall–Kier alpha value is -1.04. The van der Waals surface area contributed by atoms with Crippen molar-refractivity contribution in [3.8, 4) is 11.5 Å². The van der Waals surface area contributed by atoms with Gasteiger partial charge < -0.3 is 15.2 Å². The first kappa shape index (κ1) is 15.4. The van der Waals surface area contributed by atoms with Gasteiger partial charge in [0.1, 0.15) is 11.5 Å². The Bertz CT molecular complexity index is 617. The van der Waals surface area contributed by atoms with Crippen LogP contribution >= 0.6 is 31.9 Å². The summed E-state index contributed by atoms with van der Waals surface area (Å²) < 4.78 is 12.5. The topological polar surface area (TPSA) is 44.5 Å². The fourth-order valence-corrected chi connectivity index (χ4v) is 2.94. The molecular weight excluding hydrogens is 386 g/mol. The van der Waals surface area contributed by atoms with E-state index in [0.717, 1.165) is 31.6 Å². The van der Waals surface area contributed by atoms with Gasteiger partial charge in [0.15, 0.2) is 0 Å². The van der Waals surface area contributed by atoms with Crippen molar-refractivity contribution >= 4 is 31.9 Å². The molecule has 2 aromatic rings. The van der Waals surface area contributed by atoms with Crippen molar-refractivity contribution in [1.29, 1.82) is 0 Å². The van der Waals surface area contributed by atoms with Crippen LogP contribution in [0.15, 0.2) is 45.3 Å². The lowest BCUT2D eigenvalue weighted by Gasteiger charge is -2.18. The summed E-state index contributed by atoms with van der Waals surface area (Å²) in [5, 5.41) is 0. The summed E-state index contributed by atoms with van der Waals surface area (Å²) in [7, 11) is 3.28. The number of methoxy groups -OCH3 is 2. The van der Waals surface area contributed by atoms with E-state index in [1.165, 1.54) is 0 Å². The first-order valence-corrected chi connectivity index (χ1v) is 7.58. The molecule has 0 bridgehead atoms. The number of rotatable bonds is 4. The van der Waals surface area contributed by atoms with Crippen LogP contribution in [0.2, 0.25) is 0 Å². The van der Waals surface area contributed by atoms with Crippen LogP contribution in [0.1, 0.15) is 17.2 Å². The van der Waals surface area contributed by atoms with Crippen molar-refractivity contribution < 1.29 is 9.47 Å². The molecule has 0 radical (unpaired) electrons. The highest BCUT2D eigenvalue weighted by Crippen LogP contribution is 2.35. The van der Waals surface area contributed by atoms with Crippen LogP contribution in [0.25, 0.3) is 0 Å². The second-order valence-electron chi connectivity index (χ2n) is 4.25. The normalized spacial score (nSPS) is 12.1. The molecule has 2 rings (SSSR count). The minimum Gasteiger partial charge on any atom is -0.497 e. The van der Waals surface area contributed by atoms with E-state index in [2.05, 4.69) is 31.9 Å². The SMILES string of the molecule is COc1ccc(C(N)c2ccc(Br)cc2OC)c(Br)c1. The molecule has 0 heterocycles. The molecule has 1 unspecified atom stereocenters. The minimum absolute atomic E-state index is 0.279. The van der Waals surface area contributed by atoms with E-state index in [-0.39, 0.29) is 6.04 Å². The number of benzene rings is 2. The Kier molecular flexibility index (Phi) is 5.07. The fourth-order valence-electron chi connectivity index (χ4n) is 2.00. The van der Waals surface area contributed by atoms with E-state index in [1.54, 1.807) is 14.2 Å². The number of nitrogens with two attached hydrogens (primary N) is 1. The first-order valence-electron chi connectivity index (χ1n) is 5.99. The molecule has 20 heavy (non-hydrogen) atoms. The number of hydrogen-bond donors (Lipinski definition) is 1. The molecule has 106 valence electrons. The third kappa shape index (κ3) is 3.16. The summed E-state index contributed by atoms with van der Waals surface area (Å²) in [4.78, 5) is 0. The van der Waals surface area contributed by atoms with Gasteiger partial charge >= 0.3 is 0 Å². The number of hydrogen-bond acceptors (Lipinski definition) is 3. The molecule has 0 fully saturated rings. The van der Waals surface area contributed by atoms with Gasteiger partial charge in [0.05, 0.1) is 20.3 Å². The fraction of sp³-hybridized carbons (Fsp3) is 0.200. The molecule has 2 N–H and O–H groups in total. The maximum absolute atomic E-state index is 6.37. The van der Waals surface area contributed by atoms with Crippen LogP contribution in [-0.2, 0) is 0 Å². The highest BCUT2D eigenvalue weighted by molar-refractivity contribution is 9.10. The van der Waals surface area contributed by atoms with E-state index in [9.17, 15) is 0 Å². The van der Waals surface area contributed by atoms with Gasteiger partial charge in [-0.15, -0.1) is 0 Å². The van der Waals surface area contributed by atoms with Gasteiger partial charge in [-0.3, -0.25) is 0 Å². The summed E-state index contributed by atoms with van der Waals surface area (Å²) in [6, 6.07) is 11.3. The van der Waals surface area contributed by atoms with E-state index >= 15 is 0 Å². The van der Waals surface area contributed by atoms with Gasteiger partial charge in [0, 0.05) is 14.5 Å². The Morgan fingerprint density at radius 2 is 1.65 bits per heavy atom. The highest BCUT2D eigenvalue weighted by Gasteiger charge is 2.17. The van der Waals surface area contributed by atoms with E-state index in [0.29, 0.717) is 0 Å². The zero-order chi connectivity index (χ0) is 14.7. The van der Waals surface area contributed by atoms with Gasteiger partial charge in [-0.05, 0) is 29.8 Å². The van der Waals surface area contributed by atoms with Crippen molar-refractivity contribution in [3.05, 3.63) is 56.5 Å². The Labute approximate surface area is 135 Å². The molecule has 0 aliphatic rings. The van der Waals surface area contributed by atoms with E-state index in [4.69, 9.17) is 15.2 Å². The molecule has 5 heteroatoms. The molecule has 1 atom stereocenters. The lowest BCUT2D eigenvalue weighted by molar-refractivity contribution is 0.407. The highest BCUT2D eigenvalue weighted by atomic mass is 79.9. The predicted molar refractivity (Wildman–Crippen MR) is 87.4 cm³/mol. The molecule has 0 saturated heterocycles. The van der Waals surface area contributed by atoms with Crippen molar-refractivity contribution in [2.45, 2.75) is 6.04 Å². The third-order valence-electron chi connectivity index (χ3n) is 3.07. The van der Waals surface area contributed by atoms with Crippen LogP contribution in [-0.4, -0.2) is 14.2 Å². The lowest BCUT2D eigenvalue weighted by Crippen LogP contribution is -2.13. The van der Waals surface area contributed by atoms with Crippen LogP contribution in [0, 0.1) is 0 Å². The average Bonchev–Trinajstić information content (AvgIpc) is 2.46. The predicted octanol–water partition coefficient (Wildman–Crippen LogP) is 4.28. The number of halogens is 2. The third-order valence-corrected chi connectivity index (χ3v) is 4.25. The summed E-state index contributed by atoms with van der Waals surface area (Å²) >= 11 is 6.97. The summed E-state index contributed by atoms with van der Waals surface area (Å²) in [6.07, 6.45) is 0. The van der Waals surface area contributed by atoms with Gasteiger partial charge in [-0.2, -0.15) is 0 Å². The van der Waals surface area contributed by atoms with Crippen molar-refractivity contribution in [2.75, 3.05) is 14.2 Å². The second-order valence-corrected chi connectivity index (χ2v) is 6.02. The zero-order valence-electron chi connectivity index (χ0n) is 11.2. The van der Waals surface area contributed by atoms with Crippen molar-refractivity contribution in [2.24, 2.45) is 5.73 Å². The Morgan fingerprint density at radius 1 is 0.950 bits per heavy atom. The quantitative estimate of drug-likeness (QED) is 0.832. The molecule has 3 nitrogen and oxygen atoms in total.